The molecular formula is C13H22N2. The Bertz CT molecular complexity index is 266. The van der Waals surface area contributed by atoms with Crippen LogP contribution in [0.25, 0.3) is 0 Å². The summed E-state index contributed by atoms with van der Waals surface area (Å²) >= 11 is 0. The van der Waals surface area contributed by atoms with E-state index >= 15 is 0 Å². The zero-order valence-corrected chi connectivity index (χ0v) is 10.1. The predicted molar refractivity (Wildman–Crippen MR) is 66.2 cm³/mol. The van der Waals surface area contributed by atoms with E-state index in [1.54, 1.807) is 0 Å². The molecule has 1 aromatic rings. The highest BCUT2D eigenvalue weighted by Gasteiger charge is 2.01. The lowest BCUT2D eigenvalue weighted by molar-refractivity contribution is 0.615. The topological polar surface area (TPSA) is 24.9 Å². The van der Waals surface area contributed by atoms with Crippen LogP contribution in [0.1, 0.15) is 45.2 Å². The first-order valence-corrected chi connectivity index (χ1v) is 5.91. The highest BCUT2D eigenvalue weighted by atomic mass is 14.9. The number of anilines is 1. The molecule has 1 aromatic heterocycles. The van der Waals surface area contributed by atoms with Crippen LogP contribution in [0, 0.1) is 6.92 Å². The van der Waals surface area contributed by atoms with E-state index in [-0.39, 0.29) is 0 Å². The second-order valence-corrected chi connectivity index (χ2v) is 4.23. The van der Waals surface area contributed by atoms with Crippen LogP contribution in [0.15, 0.2) is 18.3 Å². The fourth-order valence-electron chi connectivity index (χ4n) is 1.61. The molecule has 1 heterocycles. The minimum atomic E-state index is 0.543. The van der Waals surface area contributed by atoms with Crippen LogP contribution in [0.3, 0.4) is 0 Å². The molecule has 0 bridgehead atoms. The minimum absolute atomic E-state index is 0.543. The molecule has 15 heavy (non-hydrogen) atoms. The summed E-state index contributed by atoms with van der Waals surface area (Å²) in [5.41, 5.74) is 2.20. The van der Waals surface area contributed by atoms with Gasteiger partial charge in [-0.05, 0) is 32.4 Å². The van der Waals surface area contributed by atoms with E-state index in [4.69, 9.17) is 0 Å². The van der Waals surface area contributed by atoms with Gasteiger partial charge in [0.05, 0.1) is 11.9 Å². The van der Waals surface area contributed by atoms with Gasteiger partial charge in [-0.3, -0.25) is 4.98 Å². The van der Waals surface area contributed by atoms with Gasteiger partial charge in [0.25, 0.3) is 0 Å². The first-order chi connectivity index (χ1) is 7.22. The SMILES string of the molecule is CCCCCC(C)Nc1ccc(C)nc1. The number of nitrogens with zero attached hydrogens (tertiary/aromatic N) is 1. The fourth-order valence-corrected chi connectivity index (χ4v) is 1.61. The maximum atomic E-state index is 4.27. The van der Waals surface area contributed by atoms with E-state index in [0.29, 0.717) is 6.04 Å². The lowest BCUT2D eigenvalue weighted by atomic mass is 10.1. The Hall–Kier alpha value is -1.05. The average molecular weight is 206 g/mol. The average Bonchev–Trinajstić information content (AvgIpc) is 2.22. The molecule has 0 aliphatic heterocycles. The van der Waals surface area contributed by atoms with Crippen LogP contribution in [0.4, 0.5) is 5.69 Å². The molecule has 0 aromatic carbocycles. The van der Waals surface area contributed by atoms with Gasteiger partial charge in [-0.15, -0.1) is 0 Å². The van der Waals surface area contributed by atoms with E-state index in [1.807, 2.05) is 19.2 Å². The Morgan fingerprint density at radius 2 is 2.13 bits per heavy atom. The Balaban J connectivity index is 2.31. The zero-order valence-electron chi connectivity index (χ0n) is 10.1. The van der Waals surface area contributed by atoms with Crippen LogP contribution in [-0.4, -0.2) is 11.0 Å². The zero-order chi connectivity index (χ0) is 11.1. The van der Waals surface area contributed by atoms with E-state index in [0.717, 1.165) is 11.4 Å². The maximum absolute atomic E-state index is 4.27. The van der Waals surface area contributed by atoms with Gasteiger partial charge in [0.15, 0.2) is 0 Å². The number of pyridine rings is 1. The molecule has 0 saturated carbocycles. The largest absolute Gasteiger partial charge is 0.381 e. The molecule has 2 heteroatoms. The number of hydrogen-bond donors (Lipinski definition) is 1. The summed E-state index contributed by atoms with van der Waals surface area (Å²) in [6.07, 6.45) is 7.08. The number of hydrogen-bond acceptors (Lipinski definition) is 2. The van der Waals surface area contributed by atoms with Gasteiger partial charge in [0, 0.05) is 11.7 Å². The first kappa shape index (κ1) is 12.0. The number of nitrogens with one attached hydrogen (secondary N) is 1. The quantitative estimate of drug-likeness (QED) is 0.717. The van der Waals surface area contributed by atoms with Crippen molar-refractivity contribution in [1.82, 2.24) is 4.98 Å². The van der Waals surface area contributed by atoms with Gasteiger partial charge >= 0.3 is 0 Å². The van der Waals surface area contributed by atoms with E-state index in [2.05, 4.69) is 30.2 Å². The number of aromatic nitrogens is 1. The number of unbranched alkanes of at least 4 members (excludes halogenated alkanes) is 2. The van der Waals surface area contributed by atoms with Crippen molar-refractivity contribution in [2.24, 2.45) is 0 Å². The van der Waals surface area contributed by atoms with E-state index < -0.39 is 0 Å². The van der Waals surface area contributed by atoms with Crippen molar-refractivity contribution in [3.63, 3.8) is 0 Å². The van der Waals surface area contributed by atoms with Crippen LogP contribution in [0.2, 0.25) is 0 Å². The van der Waals surface area contributed by atoms with Crippen LogP contribution >= 0.6 is 0 Å². The van der Waals surface area contributed by atoms with Gasteiger partial charge < -0.3 is 5.32 Å². The summed E-state index contributed by atoms with van der Waals surface area (Å²) in [5, 5.41) is 3.47. The molecule has 0 amide bonds. The molecule has 2 nitrogen and oxygen atoms in total. The van der Waals surface area contributed by atoms with Crippen molar-refractivity contribution in [3.8, 4) is 0 Å². The number of aryl methyl sites for hydroxylation is 1. The standard InChI is InChI=1S/C13H22N2/c1-4-5-6-7-12(3)15-13-9-8-11(2)14-10-13/h8-10,12,15H,4-7H2,1-3H3. The molecule has 0 fully saturated rings. The second-order valence-electron chi connectivity index (χ2n) is 4.23. The van der Waals surface area contributed by atoms with Crippen molar-refractivity contribution in [2.75, 3.05) is 5.32 Å². The number of rotatable bonds is 6. The second kappa shape index (κ2) is 6.44. The van der Waals surface area contributed by atoms with Gasteiger partial charge in [0.1, 0.15) is 0 Å². The Morgan fingerprint density at radius 1 is 1.33 bits per heavy atom. The Morgan fingerprint density at radius 3 is 2.73 bits per heavy atom. The molecule has 0 spiro atoms. The molecule has 84 valence electrons. The normalized spacial score (nSPS) is 12.5. The molecule has 0 aliphatic carbocycles. The summed E-state index contributed by atoms with van der Waals surface area (Å²) in [6.45, 7) is 6.48. The third-order valence-electron chi connectivity index (χ3n) is 2.57. The van der Waals surface area contributed by atoms with Gasteiger partial charge in [-0.2, -0.15) is 0 Å². The van der Waals surface area contributed by atoms with Crippen molar-refractivity contribution in [3.05, 3.63) is 24.0 Å². The Labute approximate surface area is 93.1 Å². The van der Waals surface area contributed by atoms with Gasteiger partial charge in [-0.25, -0.2) is 0 Å². The predicted octanol–water partition coefficient (Wildman–Crippen LogP) is 3.77. The lowest BCUT2D eigenvalue weighted by Crippen LogP contribution is -2.14. The van der Waals surface area contributed by atoms with Crippen molar-refractivity contribution < 1.29 is 0 Å². The molecule has 0 radical (unpaired) electrons. The third kappa shape index (κ3) is 4.82. The van der Waals surface area contributed by atoms with Crippen molar-refractivity contribution in [2.45, 2.75) is 52.5 Å². The molecule has 1 atom stereocenters. The van der Waals surface area contributed by atoms with Gasteiger partial charge in [0.2, 0.25) is 0 Å². The molecule has 0 saturated heterocycles. The molecule has 1 rings (SSSR count). The summed E-state index contributed by atoms with van der Waals surface area (Å²) in [4.78, 5) is 4.27. The molecule has 1 N–H and O–H groups in total. The molecular weight excluding hydrogens is 184 g/mol. The fraction of sp³-hybridized carbons (Fsp3) is 0.615. The van der Waals surface area contributed by atoms with Crippen molar-refractivity contribution >= 4 is 5.69 Å². The molecule has 0 aliphatic rings. The maximum Gasteiger partial charge on any atom is 0.0528 e. The summed E-state index contributed by atoms with van der Waals surface area (Å²) < 4.78 is 0. The highest BCUT2D eigenvalue weighted by molar-refractivity contribution is 5.41. The monoisotopic (exact) mass is 206 g/mol. The van der Waals surface area contributed by atoms with E-state index in [9.17, 15) is 0 Å². The smallest absolute Gasteiger partial charge is 0.0528 e. The lowest BCUT2D eigenvalue weighted by Gasteiger charge is -2.14. The highest BCUT2D eigenvalue weighted by Crippen LogP contribution is 2.11. The summed E-state index contributed by atoms with van der Waals surface area (Å²) in [6, 6.07) is 4.68. The van der Waals surface area contributed by atoms with Crippen LogP contribution in [-0.2, 0) is 0 Å². The van der Waals surface area contributed by atoms with Gasteiger partial charge in [-0.1, -0.05) is 26.2 Å². The minimum Gasteiger partial charge on any atom is -0.381 e. The Kier molecular flexibility index (Phi) is 5.16. The van der Waals surface area contributed by atoms with Crippen molar-refractivity contribution in [1.29, 1.82) is 0 Å². The first-order valence-electron chi connectivity index (χ1n) is 5.91. The van der Waals surface area contributed by atoms with E-state index in [1.165, 1.54) is 25.7 Å². The van der Waals surface area contributed by atoms with Crippen LogP contribution < -0.4 is 5.32 Å². The third-order valence-corrected chi connectivity index (χ3v) is 2.57. The molecule has 1 unspecified atom stereocenters. The summed E-state index contributed by atoms with van der Waals surface area (Å²) in [5.74, 6) is 0. The summed E-state index contributed by atoms with van der Waals surface area (Å²) in [7, 11) is 0. The van der Waals surface area contributed by atoms with Crippen LogP contribution in [0.5, 0.6) is 0 Å².